The number of benzene rings is 1. The van der Waals surface area contributed by atoms with Crippen molar-refractivity contribution in [3.63, 3.8) is 0 Å². The summed E-state index contributed by atoms with van der Waals surface area (Å²) in [4.78, 5) is 0. The molecule has 84 valence electrons. The zero-order chi connectivity index (χ0) is 11.2. The summed E-state index contributed by atoms with van der Waals surface area (Å²) in [6, 6.07) is 8.29. The number of nitrogens with one attached hydrogen (secondary N) is 1. The first-order valence-corrected chi connectivity index (χ1v) is 6.09. The number of nitrogens with zero attached hydrogens (tertiary/aromatic N) is 2. The highest BCUT2D eigenvalue weighted by Crippen LogP contribution is 2.22. The van der Waals surface area contributed by atoms with E-state index in [1.54, 1.807) is 0 Å². The summed E-state index contributed by atoms with van der Waals surface area (Å²) < 4.78 is 0. The van der Waals surface area contributed by atoms with Gasteiger partial charge in [-0.15, -0.1) is 5.10 Å². The van der Waals surface area contributed by atoms with E-state index in [4.69, 9.17) is 0 Å². The fourth-order valence-electron chi connectivity index (χ4n) is 2.97. The lowest BCUT2D eigenvalue weighted by molar-refractivity contribution is 0.692. The van der Waals surface area contributed by atoms with Gasteiger partial charge in [-0.1, -0.05) is 24.3 Å². The van der Waals surface area contributed by atoms with Gasteiger partial charge in [0.2, 0.25) is 0 Å². The number of hydrogen-bond donors (Lipinski definition) is 1. The Morgan fingerprint density at radius 2 is 2.12 bits per heavy atom. The van der Waals surface area contributed by atoms with Gasteiger partial charge in [-0.25, -0.2) is 0 Å². The van der Waals surface area contributed by atoms with E-state index >= 15 is 0 Å². The van der Waals surface area contributed by atoms with Crippen LogP contribution in [-0.2, 0) is 0 Å². The number of rotatable bonds is 0. The fourth-order valence-corrected chi connectivity index (χ4v) is 2.97. The second kappa shape index (κ2) is 3.37. The average molecular weight is 223 g/mol. The molecule has 1 atom stereocenters. The van der Waals surface area contributed by atoms with Crippen LogP contribution in [0.3, 0.4) is 0 Å². The third-order valence-corrected chi connectivity index (χ3v) is 3.81. The lowest BCUT2D eigenvalue weighted by Crippen LogP contribution is -2.36. The summed E-state index contributed by atoms with van der Waals surface area (Å²) in [6.07, 6.45) is 3.33. The van der Waals surface area contributed by atoms with Crippen molar-refractivity contribution < 1.29 is 0 Å². The Hall–Kier alpha value is -1.74. The van der Waals surface area contributed by atoms with Gasteiger partial charge in [0.1, 0.15) is 0 Å². The molecule has 1 unspecified atom stereocenters. The molecule has 3 nitrogen and oxygen atoms in total. The molecular weight excluding hydrogens is 210 g/mol. The van der Waals surface area contributed by atoms with Crippen molar-refractivity contribution in [3.05, 3.63) is 34.8 Å². The molecule has 1 aromatic heterocycles. The standard InChI is InChI=1S/C14H13N3/c1-2-4-12-10(3-1)14-11-8-15-7-9(11)5-6-13(14)17-16-12/h1-4,6,9,15H,5,7-8H2. The van der Waals surface area contributed by atoms with Gasteiger partial charge in [0.15, 0.2) is 0 Å². The summed E-state index contributed by atoms with van der Waals surface area (Å²) in [5.41, 5.74) is 2.52. The van der Waals surface area contributed by atoms with Crippen LogP contribution in [0.15, 0.2) is 24.3 Å². The molecule has 1 N–H and O–H groups in total. The van der Waals surface area contributed by atoms with E-state index in [-0.39, 0.29) is 0 Å². The molecule has 2 heterocycles. The molecule has 0 radical (unpaired) electrons. The van der Waals surface area contributed by atoms with Gasteiger partial charge >= 0.3 is 0 Å². The SMILES string of the molecule is C1=c2nnc3ccccc3c2=C2CNCC2C1. The van der Waals surface area contributed by atoms with E-state index in [1.165, 1.54) is 16.2 Å². The Bertz CT molecular complexity index is 718. The lowest BCUT2D eigenvalue weighted by atomic mass is 9.92. The largest absolute Gasteiger partial charge is 0.312 e. The molecule has 17 heavy (non-hydrogen) atoms. The van der Waals surface area contributed by atoms with Gasteiger partial charge in [0.05, 0.1) is 10.9 Å². The smallest absolute Gasteiger partial charge is 0.0936 e. The summed E-state index contributed by atoms with van der Waals surface area (Å²) in [5.74, 6) is 0.662. The molecule has 0 bridgehead atoms. The van der Waals surface area contributed by atoms with Crippen LogP contribution in [0.2, 0.25) is 0 Å². The predicted molar refractivity (Wildman–Crippen MR) is 67.6 cm³/mol. The Balaban J connectivity index is 2.26. The topological polar surface area (TPSA) is 37.8 Å². The molecule has 0 spiro atoms. The first kappa shape index (κ1) is 9.31. The van der Waals surface area contributed by atoms with Crippen LogP contribution in [0.5, 0.6) is 0 Å². The van der Waals surface area contributed by atoms with Crippen LogP contribution >= 0.6 is 0 Å². The highest BCUT2D eigenvalue weighted by molar-refractivity contribution is 5.82. The minimum Gasteiger partial charge on any atom is -0.312 e. The van der Waals surface area contributed by atoms with Crippen LogP contribution < -0.4 is 15.9 Å². The second-order valence-electron chi connectivity index (χ2n) is 4.77. The van der Waals surface area contributed by atoms with E-state index < -0.39 is 0 Å². The molecular formula is C14H13N3. The van der Waals surface area contributed by atoms with E-state index in [0.29, 0.717) is 5.92 Å². The van der Waals surface area contributed by atoms with Crippen molar-refractivity contribution in [2.45, 2.75) is 6.42 Å². The van der Waals surface area contributed by atoms with Crippen LogP contribution in [0.1, 0.15) is 6.42 Å². The molecule has 2 aliphatic rings. The molecule has 3 heteroatoms. The predicted octanol–water partition coefficient (Wildman–Crippen LogP) is 0.184. The normalized spacial score (nSPS) is 22.1. The maximum atomic E-state index is 4.35. The molecule has 2 aromatic rings. The Kier molecular flexibility index (Phi) is 1.85. The maximum Gasteiger partial charge on any atom is 0.0936 e. The van der Waals surface area contributed by atoms with Gasteiger partial charge in [0, 0.05) is 23.7 Å². The van der Waals surface area contributed by atoms with E-state index in [1.807, 2.05) is 12.1 Å². The first-order chi connectivity index (χ1) is 8.43. The van der Waals surface area contributed by atoms with Crippen LogP contribution in [0.25, 0.3) is 22.6 Å². The second-order valence-corrected chi connectivity index (χ2v) is 4.77. The van der Waals surface area contributed by atoms with Crippen LogP contribution in [0, 0.1) is 5.92 Å². The lowest BCUT2D eigenvalue weighted by Gasteiger charge is -2.13. The Morgan fingerprint density at radius 3 is 3.12 bits per heavy atom. The van der Waals surface area contributed by atoms with Crippen molar-refractivity contribution in [2.75, 3.05) is 13.1 Å². The molecule has 4 rings (SSSR count). The van der Waals surface area contributed by atoms with E-state index in [2.05, 4.69) is 33.7 Å². The fraction of sp³-hybridized carbons (Fsp3) is 0.286. The van der Waals surface area contributed by atoms with Crippen molar-refractivity contribution in [3.8, 4) is 0 Å². The first-order valence-electron chi connectivity index (χ1n) is 6.09. The van der Waals surface area contributed by atoms with Crippen LogP contribution in [0.4, 0.5) is 0 Å². The summed E-state index contributed by atoms with van der Waals surface area (Å²) in [5, 5.41) is 15.8. The molecule has 0 amide bonds. The van der Waals surface area contributed by atoms with Crippen molar-refractivity contribution >= 4 is 22.6 Å². The Labute approximate surface area is 98.9 Å². The minimum absolute atomic E-state index is 0.662. The molecule has 0 saturated carbocycles. The van der Waals surface area contributed by atoms with E-state index in [9.17, 15) is 0 Å². The van der Waals surface area contributed by atoms with Gasteiger partial charge in [-0.2, -0.15) is 5.10 Å². The minimum atomic E-state index is 0.662. The van der Waals surface area contributed by atoms with Crippen LogP contribution in [-0.4, -0.2) is 23.3 Å². The van der Waals surface area contributed by atoms with Crippen molar-refractivity contribution in [2.24, 2.45) is 5.92 Å². The van der Waals surface area contributed by atoms with Gasteiger partial charge in [-0.05, 0) is 24.0 Å². The molecule has 1 saturated heterocycles. The monoisotopic (exact) mass is 223 g/mol. The third kappa shape index (κ3) is 1.26. The highest BCUT2D eigenvalue weighted by atomic mass is 15.1. The average Bonchev–Trinajstić information content (AvgIpc) is 2.86. The Morgan fingerprint density at radius 1 is 1.18 bits per heavy atom. The molecule has 1 aliphatic carbocycles. The molecule has 1 aromatic carbocycles. The zero-order valence-electron chi connectivity index (χ0n) is 9.48. The summed E-state index contributed by atoms with van der Waals surface area (Å²) in [6.45, 7) is 2.10. The number of fused-ring (bicyclic) bond motifs is 4. The maximum absolute atomic E-state index is 4.35. The molecule has 1 aliphatic heterocycles. The van der Waals surface area contributed by atoms with Gasteiger partial charge < -0.3 is 5.32 Å². The number of aromatic nitrogens is 2. The molecule has 1 fully saturated rings. The van der Waals surface area contributed by atoms with Gasteiger partial charge in [0.25, 0.3) is 0 Å². The summed E-state index contributed by atoms with van der Waals surface area (Å²) >= 11 is 0. The van der Waals surface area contributed by atoms with E-state index in [0.717, 1.165) is 30.4 Å². The van der Waals surface area contributed by atoms with Crippen molar-refractivity contribution in [1.82, 2.24) is 15.5 Å². The zero-order valence-corrected chi connectivity index (χ0v) is 9.48. The quantitative estimate of drug-likeness (QED) is 0.692. The highest BCUT2D eigenvalue weighted by Gasteiger charge is 2.23. The third-order valence-electron chi connectivity index (χ3n) is 3.81. The van der Waals surface area contributed by atoms with Gasteiger partial charge in [-0.3, -0.25) is 0 Å². The summed E-state index contributed by atoms with van der Waals surface area (Å²) in [7, 11) is 0. The van der Waals surface area contributed by atoms with Crippen molar-refractivity contribution in [1.29, 1.82) is 0 Å². The number of hydrogen-bond acceptors (Lipinski definition) is 3.